The molecule has 0 radical (unpaired) electrons. The van der Waals surface area contributed by atoms with Crippen molar-refractivity contribution in [1.29, 1.82) is 0 Å². The van der Waals surface area contributed by atoms with E-state index >= 15 is 0 Å². The fraction of sp³-hybridized carbons (Fsp3) is 0.381. The average molecular weight is 385 g/mol. The zero-order valence-electron chi connectivity index (χ0n) is 15.2. The third-order valence-corrected chi connectivity index (χ3v) is 7.19. The third-order valence-electron chi connectivity index (χ3n) is 5.51. The number of nitrogens with one attached hydrogen (secondary N) is 1. The minimum Gasteiger partial charge on any atom is -0.337 e. The molecule has 2 saturated heterocycles. The van der Waals surface area contributed by atoms with Gasteiger partial charge < -0.3 is 10.2 Å². The lowest BCUT2D eigenvalue weighted by molar-refractivity contribution is 0.0747. The van der Waals surface area contributed by atoms with E-state index in [1.54, 1.807) is 54.6 Å². The van der Waals surface area contributed by atoms with Crippen molar-refractivity contribution in [3.63, 3.8) is 0 Å². The second-order valence-corrected chi connectivity index (χ2v) is 9.40. The molecule has 142 valence electrons. The number of nitrogens with zero attached hydrogens (tertiary/aromatic N) is 1. The van der Waals surface area contributed by atoms with Crippen LogP contribution >= 0.6 is 0 Å². The second kappa shape index (κ2) is 7.44. The molecule has 1 amide bonds. The topological polar surface area (TPSA) is 66.5 Å². The Kier molecular flexibility index (Phi) is 5.02. The number of likely N-dealkylation sites (tertiary alicyclic amines) is 1. The fourth-order valence-corrected chi connectivity index (χ4v) is 5.47. The van der Waals surface area contributed by atoms with Crippen LogP contribution in [-0.4, -0.2) is 44.4 Å². The number of hydrogen-bond acceptors (Lipinski definition) is 4. The highest BCUT2D eigenvalue weighted by molar-refractivity contribution is 7.90. The molecule has 0 saturated carbocycles. The van der Waals surface area contributed by atoms with Crippen LogP contribution in [0.1, 0.15) is 35.2 Å². The van der Waals surface area contributed by atoms with E-state index in [2.05, 4.69) is 5.32 Å². The maximum absolute atomic E-state index is 13.2. The molecular weight excluding hydrogens is 360 g/mol. The first-order valence-electron chi connectivity index (χ1n) is 9.44. The van der Waals surface area contributed by atoms with E-state index in [4.69, 9.17) is 0 Å². The largest absolute Gasteiger partial charge is 0.337 e. The van der Waals surface area contributed by atoms with Gasteiger partial charge in [0.1, 0.15) is 0 Å². The lowest BCUT2D eigenvalue weighted by Gasteiger charge is -2.25. The van der Waals surface area contributed by atoms with Gasteiger partial charge in [-0.05, 0) is 43.0 Å². The predicted octanol–water partition coefficient (Wildman–Crippen LogP) is 2.63. The van der Waals surface area contributed by atoms with Crippen LogP contribution in [0.15, 0.2) is 59.5 Å². The summed E-state index contributed by atoms with van der Waals surface area (Å²) in [7, 11) is -3.50. The van der Waals surface area contributed by atoms with Gasteiger partial charge in [-0.2, -0.15) is 0 Å². The third kappa shape index (κ3) is 3.92. The molecule has 2 heterocycles. The Morgan fingerprint density at radius 3 is 2.48 bits per heavy atom. The Bertz CT molecular complexity index is 927. The zero-order valence-corrected chi connectivity index (χ0v) is 16.0. The SMILES string of the molecule is O=C(c1ccccc1CS(=O)(=O)c1ccccc1)N1CCC2CCC(C1)N2. The Balaban J connectivity index is 1.58. The smallest absolute Gasteiger partial charge is 0.254 e. The van der Waals surface area contributed by atoms with Gasteiger partial charge in [0.25, 0.3) is 5.91 Å². The Labute approximate surface area is 160 Å². The molecule has 2 aromatic carbocycles. The van der Waals surface area contributed by atoms with Gasteiger partial charge in [0, 0.05) is 30.7 Å². The van der Waals surface area contributed by atoms with Crippen molar-refractivity contribution in [3.8, 4) is 0 Å². The molecule has 2 aliphatic heterocycles. The Morgan fingerprint density at radius 2 is 1.67 bits per heavy atom. The van der Waals surface area contributed by atoms with Crippen LogP contribution in [0.3, 0.4) is 0 Å². The van der Waals surface area contributed by atoms with Gasteiger partial charge in [0.2, 0.25) is 0 Å². The van der Waals surface area contributed by atoms with Crippen molar-refractivity contribution in [2.45, 2.75) is 42.0 Å². The molecule has 2 fully saturated rings. The Morgan fingerprint density at radius 1 is 0.963 bits per heavy atom. The van der Waals surface area contributed by atoms with Crippen LogP contribution in [0.4, 0.5) is 0 Å². The van der Waals surface area contributed by atoms with Crippen LogP contribution in [0.25, 0.3) is 0 Å². The number of sulfone groups is 1. The summed E-state index contributed by atoms with van der Waals surface area (Å²) >= 11 is 0. The summed E-state index contributed by atoms with van der Waals surface area (Å²) in [6.45, 7) is 1.40. The number of hydrogen-bond donors (Lipinski definition) is 1. The maximum Gasteiger partial charge on any atom is 0.254 e. The molecule has 0 aromatic heterocycles. The molecule has 2 unspecified atom stereocenters. The zero-order chi connectivity index (χ0) is 18.9. The normalized spacial score (nSPS) is 22.4. The maximum atomic E-state index is 13.2. The highest BCUT2D eigenvalue weighted by Gasteiger charge is 2.32. The van der Waals surface area contributed by atoms with Gasteiger partial charge in [-0.25, -0.2) is 8.42 Å². The summed E-state index contributed by atoms with van der Waals surface area (Å²) < 4.78 is 25.6. The second-order valence-electron chi connectivity index (χ2n) is 7.41. The molecule has 6 heteroatoms. The minimum atomic E-state index is -3.50. The average Bonchev–Trinajstić information content (AvgIpc) is 3.01. The van der Waals surface area contributed by atoms with Crippen LogP contribution in [-0.2, 0) is 15.6 Å². The number of fused-ring (bicyclic) bond motifs is 2. The highest BCUT2D eigenvalue weighted by atomic mass is 32.2. The van der Waals surface area contributed by atoms with E-state index in [-0.39, 0.29) is 16.6 Å². The van der Waals surface area contributed by atoms with Gasteiger partial charge in [0.15, 0.2) is 9.84 Å². The van der Waals surface area contributed by atoms with Crippen LogP contribution in [0, 0.1) is 0 Å². The predicted molar refractivity (Wildman–Crippen MR) is 104 cm³/mol. The number of amides is 1. The van der Waals surface area contributed by atoms with Crippen molar-refractivity contribution in [1.82, 2.24) is 10.2 Å². The van der Waals surface area contributed by atoms with Crippen molar-refractivity contribution in [2.24, 2.45) is 0 Å². The van der Waals surface area contributed by atoms with Crippen LogP contribution in [0.2, 0.25) is 0 Å². The van der Waals surface area contributed by atoms with Crippen LogP contribution < -0.4 is 5.32 Å². The summed E-state index contributed by atoms with van der Waals surface area (Å²) in [6, 6.07) is 16.3. The molecule has 4 rings (SSSR count). The molecule has 2 bridgehead atoms. The minimum absolute atomic E-state index is 0.0665. The van der Waals surface area contributed by atoms with E-state index in [9.17, 15) is 13.2 Å². The molecule has 27 heavy (non-hydrogen) atoms. The first-order chi connectivity index (χ1) is 13.0. The standard InChI is InChI=1S/C21H24N2O3S/c24-21(23-13-12-17-10-11-18(14-23)22-17)20-9-5-4-6-16(20)15-27(25,26)19-7-2-1-3-8-19/h1-9,17-18,22H,10-15H2. The Hall–Kier alpha value is -2.18. The molecule has 2 atom stereocenters. The summed E-state index contributed by atoms with van der Waals surface area (Å²) in [5.74, 6) is -0.236. The summed E-state index contributed by atoms with van der Waals surface area (Å²) in [5, 5.41) is 3.57. The molecular formula is C21H24N2O3S. The van der Waals surface area contributed by atoms with E-state index in [0.717, 1.165) is 12.8 Å². The molecule has 2 aliphatic rings. The molecule has 0 aliphatic carbocycles. The van der Waals surface area contributed by atoms with Gasteiger partial charge in [0.05, 0.1) is 10.6 Å². The van der Waals surface area contributed by atoms with Crippen molar-refractivity contribution in [3.05, 3.63) is 65.7 Å². The van der Waals surface area contributed by atoms with Crippen molar-refractivity contribution in [2.75, 3.05) is 13.1 Å². The van der Waals surface area contributed by atoms with E-state index in [0.29, 0.717) is 36.3 Å². The number of rotatable bonds is 4. The molecule has 0 spiro atoms. The highest BCUT2D eigenvalue weighted by Crippen LogP contribution is 2.24. The lowest BCUT2D eigenvalue weighted by Crippen LogP contribution is -2.39. The monoisotopic (exact) mass is 384 g/mol. The van der Waals surface area contributed by atoms with E-state index in [1.807, 2.05) is 4.90 Å². The number of benzene rings is 2. The van der Waals surface area contributed by atoms with Gasteiger partial charge in [-0.3, -0.25) is 4.79 Å². The van der Waals surface area contributed by atoms with Gasteiger partial charge in [-0.15, -0.1) is 0 Å². The molecule has 2 aromatic rings. The van der Waals surface area contributed by atoms with E-state index < -0.39 is 9.84 Å². The van der Waals surface area contributed by atoms with Gasteiger partial charge in [-0.1, -0.05) is 36.4 Å². The van der Waals surface area contributed by atoms with Crippen molar-refractivity contribution >= 4 is 15.7 Å². The first-order valence-corrected chi connectivity index (χ1v) is 11.1. The summed E-state index contributed by atoms with van der Waals surface area (Å²) in [4.78, 5) is 15.3. The van der Waals surface area contributed by atoms with Crippen LogP contribution in [0.5, 0.6) is 0 Å². The van der Waals surface area contributed by atoms with Crippen molar-refractivity contribution < 1.29 is 13.2 Å². The van der Waals surface area contributed by atoms with E-state index in [1.165, 1.54) is 6.42 Å². The summed E-state index contributed by atoms with van der Waals surface area (Å²) in [6.07, 6.45) is 3.23. The first kappa shape index (κ1) is 18.2. The summed E-state index contributed by atoms with van der Waals surface area (Å²) in [5.41, 5.74) is 1.06. The number of carbonyl (C=O) groups is 1. The lowest BCUT2D eigenvalue weighted by atomic mass is 10.0. The fourth-order valence-electron chi connectivity index (χ4n) is 4.07. The number of carbonyl (C=O) groups excluding carboxylic acids is 1. The molecule has 5 nitrogen and oxygen atoms in total. The molecule has 1 N–H and O–H groups in total. The quantitative estimate of drug-likeness (QED) is 0.880. The van der Waals surface area contributed by atoms with Gasteiger partial charge >= 0.3 is 0 Å².